The zero-order valence-corrected chi connectivity index (χ0v) is 13.5. The van der Waals surface area contributed by atoms with E-state index in [-0.39, 0.29) is 0 Å². The highest BCUT2D eigenvalue weighted by Crippen LogP contribution is 2.28. The van der Waals surface area contributed by atoms with Crippen molar-refractivity contribution in [2.24, 2.45) is 0 Å². The zero-order chi connectivity index (χ0) is 15.4. The molecule has 6 heteroatoms. The average molecular weight is 303 g/mol. The fourth-order valence-electron chi connectivity index (χ4n) is 3.09. The molecule has 0 N–H and O–H groups in total. The minimum absolute atomic E-state index is 0.448. The molecule has 2 aromatic rings. The Morgan fingerprint density at radius 1 is 1.36 bits per heavy atom. The summed E-state index contributed by atoms with van der Waals surface area (Å²) < 4.78 is 7.56. The van der Waals surface area contributed by atoms with Crippen molar-refractivity contribution in [2.75, 3.05) is 18.0 Å². The Morgan fingerprint density at radius 2 is 2.27 bits per heavy atom. The van der Waals surface area contributed by atoms with Crippen molar-refractivity contribution in [3.05, 3.63) is 24.1 Å². The number of aromatic nitrogens is 4. The van der Waals surface area contributed by atoms with Gasteiger partial charge in [-0.2, -0.15) is 4.98 Å². The molecule has 0 spiro atoms. The molecule has 0 amide bonds. The van der Waals surface area contributed by atoms with Crippen LogP contribution in [0.3, 0.4) is 0 Å². The molecule has 0 aliphatic carbocycles. The predicted molar refractivity (Wildman–Crippen MR) is 85.0 cm³/mol. The van der Waals surface area contributed by atoms with Crippen LogP contribution in [-0.2, 0) is 13.0 Å². The quantitative estimate of drug-likeness (QED) is 0.821. The van der Waals surface area contributed by atoms with Crippen LogP contribution in [0, 0.1) is 0 Å². The molecule has 1 unspecified atom stereocenters. The van der Waals surface area contributed by atoms with E-state index >= 15 is 0 Å². The number of anilines is 1. The van der Waals surface area contributed by atoms with E-state index in [0.29, 0.717) is 11.8 Å². The van der Waals surface area contributed by atoms with Gasteiger partial charge in [0.1, 0.15) is 5.82 Å². The molecule has 0 saturated carbocycles. The highest BCUT2D eigenvalue weighted by molar-refractivity contribution is 5.30. The molecule has 3 rings (SSSR count). The Bertz CT molecular complexity index is 591. The molecule has 1 fully saturated rings. The predicted octanol–water partition coefficient (Wildman–Crippen LogP) is 3.01. The van der Waals surface area contributed by atoms with Gasteiger partial charge < -0.3 is 14.0 Å². The molecule has 120 valence electrons. The summed E-state index contributed by atoms with van der Waals surface area (Å²) in [4.78, 5) is 11.3. The number of hydrogen-bond donors (Lipinski definition) is 0. The van der Waals surface area contributed by atoms with E-state index < -0.39 is 0 Å². The number of aryl methyl sites for hydroxylation is 2. The van der Waals surface area contributed by atoms with E-state index in [0.717, 1.165) is 38.4 Å². The normalized spacial score (nSPS) is 18.8. The summed E-state index contributed by atoms with van der Waals surface area (Å²) in [5.41, 5.74) is 0. The summed E-state index contributed by atoms with van der Waals surface area (Å²) in [7, 11) is 0. The second-order valence-corrected chi connectivity index (χ2v) is 5.96. The standard InChI is InChI=1S/C16H25N5O/c1-3-5-9-20-11-8-17-15(20)13-7-6-10-21(12-13)16-18-14(4-2)22-19-16/h8,11,13H,3-7,9-10,12H2,1-2H3. The molecular weight excluding hydrogens is 278 g/mol. The largest absolute Gasteiger partial charge is 0.337 e. The van der Waals surface area contributed by atoms with Gasteiger partial charge in [-0.05, 0) is 24.4 Å². The average Bonchev–Trinajstić information content (AvgIpc) is 3.22. The van der Waals surface area contributed by atoms with Crippen LogP contribution in [0.25, 0.3) is 0 Å². The molecule has 3 heterocycles. The molecule has 1 atom stereocenters. The maximum atomic E-state index is 5.25. The van der Waals surface area contributed by atoms with Crippen LogP contribution in [0.2, 0.25) is 0 Å². The van der Waals surface area contributed by atoms with Crippen molar-refractivity contribution in [3.63, 3.8) is 0 Å². The van der Waals surface area contributed by atoms with Crippen molar-refractivity contribution < 1.29 is 4.52 Å². The first-order valence-electron chi connectivity index (χ1n) is 8.40. The van der Waals surface area contributed by atoms with E-state index in [4.69, 9.17) is 4.52 Å². The van der Waals surface area contributed by atoms with E-state index in [1.807, 2.05) is 13.1 Å². The fraction of sp³-hybridized carbons (Fsp3) is 0.688. The summed E-state index contributed by atoms with van der Waals surface area (Å²) in [5.74, 6) is 3.09. The molecule has 0 aromatic carbocycles. The van der Waals surface area contributed by atoms with Gasteiger partial charge in [-0.15, -0.1) is 0 Å². The van der Waals surface area contributed by atoms with Crippen molar-refractivity contribution in [1.29, 1.82) is 0 Å². The maximum Gasteiger partial charge on any atom is 0.266 e. The van der Waals surface area contributed by atoms with Gasteiger partial charge in [0.15, 0.2) is 0 Å². The monoisotopic (exact) mass is 303 g/mol. The summed E-state index contributed by atoms with van der Waals surface area (Å²) in [6, 6.07) is 0. The van der Waals surface area contributed by atoms with E-state index in [2.05, 4.69) is 37.7 Å². The Balaban J connectivity index is 1.71. The summed E-state index contributed by atoms with van der Waals surface area (Å²) in [5, 5.41) is 4.11. The molecule has 1 saturated heterocycles. The summed E-state index contributed by atoms with van der Waals surface area (Å²) in [6.07, 6.45) is 9.54. The lowest BCUT2D eigenvalue weighted by atomic mass is 9.97. The van der Waals surface area contributed by atoms with Crippen LogP contribution in [-0.4, -0.2) is 32.8 Å². The first kappa shape index (κ1) is 15.1. The smallest absolute Gasteiger partial charge is 0.266 e. The summed E-state index contributed by atoms with van der Waals surface area (Å²) >= 11 is 0. The molecule has 1 aliphatic heterocycles. The number of unbranched alkanes of at least 4 members (excludes halogenated alkanes) is 1. The van der Waals surface area contributed by atoms with E-state index in [9.17, 15) is 0 Å². The molecule has 6 nitrogen and oxygen atoms in total. The van der Waals surface area contributed by atoms with Gasteiger partial charge in [-0.3, -0.25) is 0 Å². The van der Waals surface area contributed by atoms with E-state index in [1.54, 1.807) is 0 Å². The third-order valence-corrected chi connectivity index (χ3v) is 4.33. The number of piperidine rings is 1. The molecule has 1 aliphatic rings. The molecule has 22 heavy (non-hydrogen) atoms. The summed E-state index contributed by atoms with van der Waals surface area (Å²) in [6.45, 7) is 7.23. The van der Waals surface area contributed by atoms with Crippen LogP contribution >= 0.6 is 0 Å². The van der Waals surface area contributed by atoms with Crippen LogP contribution in [0.5, 0.6) is 0 Å². The van der Waals surface area contributed by atoms with E-state index in [1.165, 1.54) is 25.1 Å². The lowest BCUT2D eigenvalue weighted by molar-refractivity contribution is 0.378. The second kappa shape index (κ2) is 6.94. The topological polar surface area (TPSA) is 60.0 Å². The van der Waals surface area contributed by atoms with Crippen LogP contribution < -0.4 is 4.90 Å². The van der Waals surface area contributed by atoms with Gasteiger partial charge in [-0.25, -0.2) is 4.98 Å². The van der Waals surface area contributed by atoms with Crippen molar-refractivity contribution in [3.8, 4) is 0 Å². The minimum atomic E-state index is 0.448. The highest BCUT2D eigenvalue weighted by atomic mass is 16.5. The van der Waals surface area contributed by atoms with Gasteiger partial charge in [0.2, 0.25) is 5.89 Å². The van der Waals surface area contributed by atoms with Crippen LogP contribution in [0.1, 0.15) is 57.2 Å². The lowest BCUT2D eigenvalue weighted by Gasteiger charge is -2.31. The Labute approximate surface area is 131 Å². The number of hydrogen-bond acceptors (Lipinski definition) is 5. The fourth-order valence-corrected chi connectivity index (χ4v) is 3.09. The first-order chi connectivity index (χ1) is 10.8. The maximum absolute atomic E-state index is 5.25. The third-order valence-electron chi connectivity index (χ3n) is 4.33. The second-order valence-electron chi connectivity index (χ2n) is 5.96. The lowest BCUT2D eigenvalue weighted by Crippen LogP contribution is -2.36. The number of imidazole rings is 1. The van der Waals surface area contributed by atoms with Crippen LogP contribution in [0.4, 0.5) is 5.95 Å². The van der Waals surface area contributed by atoms with Gasteiger partial charge in [-0.1, -0.05) is 20.3 Å². The SMILES string of the molecule is CCCCn1ccnc1C1CCCN(c2noc(CC)n2)C1. The molecular formula is C16H25N5O. The van der Waals surface area contributed by atoms with Gasteiger partial charge in [0.25, 0.3) is 5.95 Å². The van der Waals surface area contributed by atoms with Gasteiger partial charge >= 0.3 is 0 Å². The van der Waals surface area contributed by atoms with Gasteiger partial charge in [0.05, 0.1) is 0 Å². The zero-order valence-electron chi connectivity index (χ0n) is 13.5. The first-order valence-corrected chi connectivity index (χ1v) is 8.40. The Kier molecular flexibility index (Phi) is 4.75. The highest BCUT2D eigenvalue weighted by Gasteiger charge is 2.27. The Hall–Kier alpha value is -1.85. The van der Waals surface area contributed by atoms with Crippen molar-refractivity contribution >= 4 is 5.95 Å². The minimum Gasteiger partial charge on any atom is -0.337 e. The molecule has 0 bridgehead atoms. The van der Waals surface area contributed by atoms with Crippen LogP contribution in [0.15, 0.2) is 16.9 Å². The van der Waals surface area contributed by atoms with Gasteiger partial charge in [0, 0.05) is 44.4 Å². The van der Waals surface area contributed by atoms with Crippen molar-refractivity contribution in [2.45, 2.75) is 58.4 Å². The Morgan fingerprint density at radius 3 is 3.05 bits per heavy atom. The number of nitrogens with zero attached hydrogens (tertiary/aromatic N) is 5. The molecule has 2 aromatic heterocycles. The number of rotatable bonds is 6. The molecule has 0 radical (unpaired) electrons. The third kappa shape index (κ3) is 3.15. The van der Waals surface area contributed by atoms with Crippen molar-refractivity contribution in [1.82, 2.24) is 19.7 Å².